The first-order valence-corrected chi connectivity index (χ1v) is 17.9. The molecular formula is C33H49NO6PS+. The van der Waals surface area contributed by atoms with E-state index in [4.69, 9.17) is 18.5 Å². The molecule has 0 fully saturated rings. The van der Waals surface area contributed by atoms with Crippen molar-refractivity contribution in [1.82, 2.24) is 0 Å². The predicted octanol–water partition coefficient (Wildman–Crippen LogP) is 8.53. The molecule has 3 rings (SSSR count). The first kappa shape index (κ1) is 34.3. The minimum atomic E-state index is -4.36. The smallest absolute Gasteiger partial charge is 0.491 e. The van der Waals surface area contributed by atoms with E-state index < -0.39 is 13.9 Å². The molecule has 0 bridgehead atoms. The molecule has 3 aromatic rings. The summed E-state index contributed by atoms with van der Waals surface area (Å²) in [5, 5.41) is 1.99. The third-order valence-corrected chi connectivity index (χ3v) is 8.58. The van der Waals surface area contributed by atoms with E-state index >= 15 is 0 Å². The zero-order valence-corrected chi connectivity index (χ0v) is 27.0. The Bertz CT molecular complexity index is 1170. The van der Waals surface area contributed by atoms with Gasteiger partial charge in [-0.15, -0.1) is 0 Å². The van der Waals surface area contributed by atoms with Crippen LogP contribution in [0.5, 0.6) is 11.5 Å². The van der Waals surface area contributed by atoms with Gasteiger partial charge in [0.25, 0.3) is 0 Å². The van der Waals surface area contributed by atoms with Gasteiger partial charge in [-0.2, -0.15) is 4.57 Å². The van der Waals surface area contributed by atoms with Crippen LogP contribution in [0.3, 0.4) is 0 Å². The molecule has 0 amide bonds. The number of unbranched alkanes of at least 4 members (excludes halogenated alkanes) is 9. The zero-order chi connectivity index (χ0) is 29.9. The number of hydrogen-bond donors (Lipinski definition) is 1. The number of benzene rings is 2. The molecule has 0 saturated carbocycles. The highest BCUT2D eigenvalue weighted by molar-refractivity contribution is 7.47. The Hall–Kier alpha value is -2.22. The van der Waals surface area contributed by atoms with Crippen molar-refractivity contribution in [2.75, 3.05) is 19.8 Å². The maximum Gasteiger partial charge on any atom is 0.527 e. The molecule has 0 aliphatic rings. The number of ether oxygens (including phenoxy) is 2. The lowest BCUT2D eigenvalue weighted by Crippen LogP contribution is -2.30. The van der Waals surface area contributed by atoms with Crippen molar-refractivity contribution >= 4 is 19.2 Å². The van der Waals surface area contributed by atoms with E-state index in [1.807, 2.05) is 46.8 Å². The molecule has 0 saturated heterocycles. The van der Waals surface area contributed by atoms with E-state index in [1.54, 1.807) is 29.5 Å². The fourth-order valence-electron chi connectivity index (χ4n) is 4.78. The predicted molar refractivity (Wildman–Crippen MR) is 169 cm³/mol. The van der Waals surface area contributed by atoms with Crippen LogP contribution < -0.4 is 13.8 Å². The highest BCUT2D eigenvalue weighted by Gasteiger charge is 2.26. The van der Waals surface area contributed by atoms with Crippen molar-refractivity contribution in [3.8, 4) is 11.5 Å². The lowest BCUT2D eigenvalue weighted by atomic mass is 10.0. The number of aromatic nitrogens is 1. The van der Waals surface area contributed by atoms with Gasteiger partial charge in [0.1, 0.15) is 24.2 Å². The second-order valence-electron chi connectivity index (χ2n) is 10.7. The second kappa shape index (κ2) is 19.9. The SMILES string of the molecule is CCCCCCCCCCCCc1cccc(OCC(COP(=O)(O)Oc2cccc(C[n+]3ccsc3)c2)OCC)c1. The number of rotatable bonds is 23. The molecule has 2 aromatic carbocycles. The summed E-state index contributed by atoms with van der Waals surface area (Å²) in [5.41, 5.74) is 4.20. The number of hydrogen-bond acceptors (Lipinski definition) is 6. The molecule has 0 aliphatic carbocycles. The number of nitrogens with zero attached hydrogens (tertiary/aromatic N) is 1. The monoisotopic (exact) mass is 618 g/mol. The lowest BCUT2D eigenvalue weighted by molar-refractivity contribution is -0.683. The summed E-state index contributed by atoms with van der Waals surface area (Å²) < 4.78 is 37.1. The molecular weight excluding hydrogens is 569 g/mol. The van der Waals surface area contributed by atoms with Crippen LogP contribution in [0, 0.1) is 0 Å². The summed E-state index contributed by atoms with van der Waals surface area (Å²) >= 11 is 1.60. The summed E-state index contributed by atoms with van der Waals surface area (Å²) in [7, 11) is -4.36. The standard InChI is InChI=1S/C33H48NO6PS/c1-3-5-6-7-8-9-10-11-12-13-16-29-17-14-19-31(23-29)38-26-33(37-4-2)27-39-41(35,36)40-32-20-15-18-30(24-32)25-34-21-22-42-28-34/h14-15,17-24,28,33H,3-13,16,25-27H2,1-2H3/p+1. The average molecular weight is 619 g/mol. The van der Waals surface area contributed by atoms with Crippen LogP contribution in [0.25, 0.3) is 0 Å². The minimum Gasteiger partial charge on any atom is -0.491 e. The van der Waals surface area contributed by atoms with Gasteiger partial charge in [-0.3, -0.25) is 9.42 Å². The van der Waals surface area contributed by atoms with E-state index in [0.29, 0.717) is 13.2 Å². The highest BCUT2D eigenvalue weighted by atomic mass is 32.1. The lowest BCUT2D eigenvalue weighted by Gasteiger charge is -2.20. The molecule has 0 spiro atoms. The van der Waals surface area contributed by atoms with Gasteiger partial charge in [-0.05, 0) is 49.6 Å². The normalized spacial score (nSPS) is 13.5. The summed E-state index contributed by atoms with van der Waals surface area (Å²) in [6.45, 7) is 5.26. The molecule has 232 valence electrons. The fraction of sp³-hybridized carbons (Fsp3) is 0.545. The van der Waals surface area contributed by atoms with Gasteiger partial charge in [-0.25, -0.2) is 4.57 Å². The third kappa shape index (κ3) is 14.3. The molecule has 42 heavy (non-hydrogen) atoms. The van der Waals surface area contributed by atoms with Gasteiger partial charge in [-0.1, -0.05) is 100 Å². The average Bonchev–Trinajstić information content (AvgIpc) is 3.49. The van der Waals surface area contributed by atoms with Crippen LogP contribution in [0.2, 0.25) is 0 Å². The van der Waals surface area contributed by atoms with E-state index in [-0.39, 0.29) is 19.0 Å². The molecule has 1 N–H and O–H groups in total. The summed E-state index contributed by atoms with van der Waals surface area (Å²) in [4.78, 5) is 10.4. The maximum atomic E-state index is 12.7. The molecule has 9 heteroatoms. The van der Waals surface area contributed by atoms with Gasteiger partial charge in [0, 0.05) is 12.2 Å². The van der Waals surface area contributed by atoms with Gasteiger partial charge in [0.15, 0.2) is 12.7 Å². The highest BCUT2D eigenvalue weighted by Crippen LogP contribution is 2.44. The second-order valence-corrected chi connectivity index (χ2v) is 12.8. The van der Waals surface area contributed by atoms with E-state index in [9.17, 15) is 9.46 Å². The molecule has 7 nitrogen and oxygen atoms in total. The quantitative estimate of drug-likeness (QED) is 0.0652. The first-order valence-electron chi connectivity index (χ1n) is 15.5. The molecule has 2 atom stereocenters. The van der Waals surface area contributed by atoms with Crippen LogP contribution in [-0.2, 0) is 26.8 Å². The maximum absolute atomic E-state index is 12.7. The van der Waals surface area contributed by atoms with Crippen LogP contribution in [0.1, 0.15) is 89.2 Å². The van der Waals surface area contributed by atoms with Gasteiger partial charge in [0.2, 0.25) is 5.51 Å². The van der Waals surface area contributed by atoms with Crippen molar-refractivity contribution in [2.45, 2.75) is 97.1 Å². The summed E-state index contributed by atoms with van der Waals surface area (Å²) in [5.74, 6) is 1.03. The van der Waals surface area contributed by atoms with Gasteiger partial charge in [0.05, 0.1) is 12.0 Å². The largest absolute Gasteiger partial charge is 0.527 e. The molecule has 1 aromatic heterocycles. The van der Waals surface area contributed by atoms with Crippen LogP contribution in [0.15, 0.2) is 65.6 Å². The summed E-state index contributed by atoms with van der Waals surface area (Å²) in [6.07, 6.45) is 15.7. The Morgan fingerprint density at radius 2 is 1.52 bits per heavy atom. The van der Waals surface area contributed by atoms with Crippen LogP contribution in [0.4, 0.5) is 0 Å². The summed E-state index contributed by atoms with van der Waals surface area (Å²) in [6, 6.07) is 15.2. The Balaban J connectivity index is 1.38. The van der Waals surface area contributed by atoms with Crippen LogP contribution >= 0.6 is 19.2 Å². The number of aryl methyl sites for hydroxylation is 1. The Labute approximate surface area is 256 Å². The minimum absolute atomic E-state index is 0.135. The third-order valence-electron chi connectivity index (χ3n) is 6.99. The molecule has 0 radical (unpaired) electrons. The van der Waals surface area contributed by atoms with Gasteiger partial charge < -0.3 is 14.0 Å². The van der Waals surface area contributed by atoms with E-state index in [1.165, 1.54) is 69.8 Å². The van der Waals surface area contributed by atoms with Gasteiger partial charge >= 0.3 is 7.82 Å². The molecule has 0 aliphatic heterocycles. The number of thiazole rings is 1. The topological polar surface area (TPSA) is 78.1 Å². The Morgan fingerprint density at radius 3 is 2.21 bits per heavy atom. The molecule has 2 unspecified atom stereocenters. The first-order chi connectivity index (χ1) is 20.5. The Kier molecular flexibility index (Phi) is 16.2. The van der Waals surface area contributed by atoms with Crippen molar-refractivity contribution in [1.29, 1.82) is 0 Å². The molecule has 1 heterocycles. The number of phosphoric ester groups is 1. The van der Waals surface area contributed by atoms with E-state index in [0.717, 1.165) is 17.7 Å². The number of phosphoric acid groups is 1. The van der Waals surface area contributed by atoms with Crippen molar-refractivity contribution in [3.05, 3.63) is 76.7 Å². The fourth-order valence-corrected chi connectivity index (χ4v) is 6.16. The van der Waals surface area contributed by atoms with Crippen LogP contribution in [-0.4, -0.2) is 30.8 Å². The van der Waals surface area contributed by atoms with Crippen molar-refractivity contribution in [3.63, 3.8) is 0 Å². The van der Waals surface area contributed by atoms with E-state index in [2.05, 4.69) is 19.1 Å². The van der Waals surface area contributed by atoms with Crippen molar-refractivity contribution < 1.29 is 32.5 Å². The Morgan fingerprint density at radius 1 is 0.857 bits per heavy atom. The van der Waals surface area contributed by atoms with Crippen molar-refractivity contribution in [2.24, 2.45) is 0 Å². The zero-order valence-electron chi connectivity index (χ0n) is 25.3.